The van der Waals surface area contributed by atoms with Crippen LogP contribution in [0.15, 0.2) is 29.3 Å². The number of hydrogen-bond donors (Lipinski definition) is 1. The predicted molar refractivity (Wildman–Crippen MR) is 72.6 cm³/mol. The number of aliphatic imine (C=N–C) groups is 1. The van der Waals surface area contributed by atoms with Gasteiger partial charge >= 0.3 is 5.97 Å². The van der Waals surface area contributed by atoms with E-state index in [0.717, 1.165) is 5.56 Å². The molecule has 1 rings (SSSR count). The first kappa shape index (κ1) is 14.4. The maximum absolute atomic E-state index is 11.6. The van der Waals surface area contributed by atoms with E-state index >= 15 is 0 Å². The number of carbonyl (C=O) groups is 1. The van der Waals surface area contributed by atoms with Crippen molar-refractivity contribution < 1.29 is 9.53 Å². The molecule has 0 aliphatic rings. The highest BCUT2D eigenvalue weighted by Gasteiger charge is 2.16. The molecule has 0 saturated heterocycles. The van der Waals surface area contributed by atoms with Crippen LogP contribution in [0.4, 0.5) is 0 Å². The van der Waals surface area contributed by atoms with E-state index in [-0.39, 0.29) is 5.71 Å². The summed E-state index contributed by atoms with van der Waals surface area (Å²) in [5.41, 5.74) is 8.25. The number of esters is 1. The lowest BCUT2D eigenvalue weighted by Crippen LogP contribution is -2.34. The van der Waals surface area contributed by atoms with Crippen molar-refractivity contribution in [3.8, 4) is 0 Å². The maximum atomic E-state index is 11.6. The van der Waals surface area contributed by atoms with E-state index in [1.807, 2.05) is 31.2 Å². The van der Waals surface area contributed by atoms with Crippen LogP contribution in [-0.2, 0) is 16.1 Å². The molecule has 1 aromatic rings. The highest BCUT2D eigenvalue weighted by Crippen LogP contribution is 2.05. The van der Waals surface area contributed by atoms with Gasteiger partial charge in [0.05, 0.1) is 19.2 Å². The molecule has 0 bridgehead atoms. The number of benzene rings is 1. The lowest BCUT2D eigenvalue weighted by Gasteiger charge is -2.09. The molecule has 0 aliphatic carbocycles. The quantitative estimate of drug-likeness (QED) is 0.639. The molecule has 4 heteroatoms. The minimum absolute atomic E-state index is 0.289. The summed E-state index contributed by atoms with van der Waals surface area (Å²) in [5.74, 6) is -0.431. The van der Waals surface area contributed by atoms with Crippen LogP contribution in [0.2, 0.25) is 0 Å². The van der Waals surface area contributed by atoms with Crippen molar-refractivity contribution in [2.24, 2.45) is 10.7 Å². The Bertz CT molecular complexity index is 422. The van der Waals surface area contributed by atoms with Crippen molar-refractivity contribution >= 4 is 11.7 Å². The second-order valence-electron chi connectivity index (χ2n) is 4.20. The molecule has 0 aromatic heterocycles. The van der Waals surface area contributed by atoms with Crippen molar-refractivity contribution in [1.82, 2.24) is 0 Å². The van der Waals surface area contributed by atoms with Crippen LogP contribution >= 0.6 is 0 Å². The fraction of sp³-hybridized carbons (Fsp3) is 0.429. The van der Waals surface area contributed by atoms with Crippen LogP contribution in [0.1, 0.15) is 25.0 Å². The summed E-state index contributed by atoms with van der Waals surface area (Å²) in [6, 6.07) is 7.59. The van der Waals surface area contributed by atoms with Gasteiger partial charge in [0.15, 0.2) is 0 Å². The van der Waals surface area contributed by atoms with Gasteiger partial charge in [0.25, 0.3) is 0 Å². The molecule has 1 aromatic carbocycles. The molecule has 98 valence electrons. The number of aryl methyl sites for hydroxylation is 1. The van der Waals surface area contributed by atoms with Gasteiger partial charge in [-0.2, -0.15) is 0 Å². The zero-order valence-electron chi connectivity index (χ0n) is 11.1. The SMILES string of the molecule is CCOC(=O)C(=NCc1ccc(C)cc1)C(C)N. The highest BCUT2D eigenvalue weighted by atomic mass is 16.5. The van der Waals surface area contributed by atoms with Gasteiger partial charge in [-0.05, 0) is 26.3 Å². The first-order valence-corrected chi connectivity index (χ1v) is 6.07. The van der Waals surface area contributed by atoms with Gasteiger partial charge in [0, 0.05) is 0 Å². The van der Waals surface area contributed by atoms with Crippen LogP contribution in [0.3, 0.4) is 0 Å². The molecule has 0 spiro atoms. The van der Waals surface area contributed by atoms with Gasteiger partial charge in [-0.1, -0.05) is 29.8 Å². The third-order valence-corrected chi connectivity index (χ3v) is 2.47. The van der Waals surface area contributed by atoms with E-state index < -0.39 is 12.0 Å². The van der Waals surface area contributed by atoms with Gasteiger partial charge < -0.3 is 10.5 Å². The van der Waals surface area contributed by atoms with E-state index in [0.29, 0.717) is 13.2 Å². The Hall–Kier alpha value is -1.68. The number of nitrogens with two attached hydrogens (primary N) is 1. The summed E-state index contributed by atoms with van der Waals surface area (Å²) in [5, 5.41) is 0. The molecule has 4 nitrogen and oxygen atoms in total. The van der Waals surface area contributed by atoms with Gasteiger partial charge in [-0.25, -0.2) is 4.79 Å². The first-order valence-electron chi connectivity index (χ1n) is 6.07. The third-order valence-electron chi connectivity index (χ3n) is 2.47. The molecule has 1 atom stereocenters. The average molecular weight is 248 g/mol. The van der Waals surface area contributed by atoms with E-state index in [2.05, 4.69) is 4.99 Å². The number of hydrogen-bond acceptors (Lipinski definition) is 4. The number of ether oxygens (including phenoxy) is 1. The zero-order valence-corrected chi connectivity index (χ0v) is 11.1. The lowest BCUT2D eigenvalue weighted by molar-refractivity contribution is -0.135. The molecule has 2 N–H and O–H groups in total. The predicted octanol–water partition coefficient (Wildman–Crippen LogP) is 1.85. The summed E-state index contributed by atoms with van der Waals surface area (Å²) >= 11 is 0. The zero-order chi connectivity index (χ0) is 13.5. The monoisotopic (exact) mass is 248 g/mol. The van der Waals surface area contributed by atoms with Crippen LogP contribution in [-0.4, -0.2) is 24.3 Å². The number of carbonyl (C=O) groups excluding carboxylic acids is 1. The second kappa shape index (κ2) is 6.91. The Kier molecular flexibility index (Phi) is 5.52. The van der Waals surface area contributed by atoms with E-state index in [9.17, 15) is 4.79 Å². The second-order valence-corrected chi connectivity index (χ2v) is 4.20. The fourth-order valence-corrected chi connectivity index (χ4v) is 1.47. The normalized spacial score (nSPS) is 13.2. The molecule has 18 heavy (non-hydrogen) atoms. The molecule has 0 aliphatic heterocycles. The van der Waals surface area contributed by atoms with E-state index in [1.165, 1.54) is 5.56 Å². The number of nitrogens with zero attached hydrogens (tertiary/aromatic N) is 1. The minimum atomic E-state index is -0.431. The average Bonchev–Trinajstić information content (AvgIpc) is 2.31. The van der Waals surface area contributed by atoms with Crippen molar-refractivity contribution in [1.29, 1.82) is 0 Å². The van der Waals surface area contributed by atoms with Crippen molar-refractivity contribution in [2.45, 2.75) is 33.4 Å². The van der Waals surface area contributed by atoms with E-state index in [4.69, 9.17) is 10.5 Å². The molecule has 1 unspecified atom stereocenters. The Labute approximate surface area is 108 Å². The van der Waals surface area contributed by atoms with E-state index in [1.54, 1.807) is 13.8 Å². The summed E-state index contributed by atoms with van der Waals surface area (Å²) < 4.78 is 4.92. The van der Waals surface area contributed by atoms with Crippen molar-refractivity contribution in [2.75, 3.05) is 6.61 Å². The lowest BCUT2D eigenvalue weighted by atomic mass is 10.1. The van der Waals surface area contributed by atoms with Crippen molar-refractivity contribution in [3.05, 3.63) is 35.4 Å². The van der Waals surface area contributed by atoms with Crippen LogP contribution in [0.25, 0.3) is 0 Å². The van der Waals surface area contributed by atoms with Gasteiger partial charge in [-0.15, -0.1) is 0 Å². The maximum Gasteiger partial charge on any atom is 0.353 e. The van der Waals surface area contributed by atoms with Gasteiger partial charge in [0.1, 0.15) is 5.71 Å². The topological polar surface area (TPSA) is 64.7 Å². The molecule has 0 amide bonds. The fourth-order valence-electron chi connectivity index (χ4n) is 1.47. The highest BCUT2D eigenvalue weighted by molar-refractivity contribution is 6.38. The Morgan fingerprint density at radius 1 is 1.39 bits per heavy atom. The van der Waals surface area contributed by atoms with Gasteiger partial charge in [-0.3, -0.25) is 4.99 Å². The largest absolute Gasteiger partial charge is 0.461 e. The smallest absolute Gasteiger partial charge is 0.353 e. The minimum Gasteiger partial charge on any atom is -0.461 e. The summed E-state index contributed by atoms with van der Waals surface area (Å²) in [7, 11) is 0. The number of rotatable bonds is 5. The molecular formula is C14H20N2O2. The van der Waals surface area contributed by atoms with Gasteiger partial charge in [0.2, 0.25) is 0 Å². The summed E-state index contributed by atoms with van der Waals surface area (Å²) in [4.78, 5) is 15.9. The first-order chi connectivity index (χ1) is 8.54. The Morgan fingerprint density at radius 3 is 2.50 bits per heavy atom. The third kappa shape index (κ3) is 4.30. The van der Waals surface area contributed by atoms with Crippen LogP contribution in [0.5, 0.6) is 0 Å². The van der Waals surface area contributed by atoms with Crippen LogP contribution in [0, 0.1) is 6.92 Å². The standard InChI is InChI=1S/C14H20N2O2/c1-4-18-14(17)13(11(3)15)16-9-12-7-5-10(2)6-8-12/h5-8,11H,4,9,15H2,1-3H3. The summed E-state index contributed by atoms with van der Waals surface area (Å²) in [6.07, 6.45) is 0. The summed E-state index contributed by atoms with van der Waals surface area (Å²) in [6.45, 7) is 6.28. The van der Waals surface area contributed by atoms with Crippen LogP contribution < -0.4 is 5.73 Å². The molecule has 0 heterocycles. The molecular weight excluding hydrogens is 228 g/mol. The molecule has 0 fully saturated rings. The Morgan fingerprint density at radius 2 is 2.00 bits per heavy atom. The van der Waals surface area contributed by atoms with Crippen molar-refractivity contribution in [3.63, 3.8) is 0 Å². The molecule has 0 radical (unpaired) electrons. The molecule has 0 saturated carbocycles. The Balaban J connectivity index is 2.77.